The van der Waals surface area contributed by atoms with Crippen LogP contribution in [0, 0.1) is 0 Å². The predicted molar refractivity (Wildman–Crippen MR) is 65.0 cm³/mol. The van der Waals surface area contributed by atoms with Crippen LogP contribution in [0.2, 0.25) is 10.0 Å². The van der Waals surface area contributed by atoms with Gasteiger partial charge in [-0.3, -0.25) is 4.79 Å². The quantitative estimate of drug-likeness (QED) is 0.886. The highest BCUT2D eigenvalue weighted by Crippen LogP contribution is 2.26. The number of carboxylic acids is 1. The minimum absolute atomic E-state index is 0.120. The monoisotopic (exact) mass is 261 g/mol. The number of carboxylic acid groups (broad SMARTS) is 1. The predicted octanol–water partition coefficient (Wildman–Crippen LogP) is 2.90. The zero-order valence-corrected chi connectivity index (χ0v) is 10.4. The first-order valence-corrected chi connectivity index (χ1v) is 5.59. The van der Waals surface area contributed by atoms with Gasteiger partial charge < -0.3 is 10.0 Å². The number of hydrogen-bond donors (Lipinski definition) is 1. The van der Waals surface area contributed by atoms with E-state index in [-0.39, 0.29) is 6.42 Å². The van der Waals surface area contributed by atoms with Gasteiger partial charge in [-0.2, -0.15) is 0 Å². The molecule has 88 valence electrons. The molecule has 1 rings (SSSR count). The highest BCUT2D eigenvalue weighted by molar-refractivity contribution is 6.42. The second-order valence-corrected chi connectivity index (χ2v) is 4.38. The number of benzene rings is 1. The van der Waals surface area contributed by atoms with Gasteiger partial charge >= 0.3 is 5.97 Å². The van der Waals surface area contributed by atoms with E-state index in [4.69, 9.17) is 28.3 Å². The average molecular weight is 262 g/mol. The maximum Gasteiger partial charge on any atom is 0.304 e. The Hall–Kier alpha value is -0.770. The van der Waals surface area contributed by atoms with E-state index in [1.54, 1.807) is 6.07 Å². The normalized spacial score (nSPS) is 10.8. The van der Waals surface area contributed by atoms with E-state index in [1.165, 1.54) is 0 Å². The van der Waals surface area contributed by atoms with Gasteiger partial charge in [0.2, 0.25) is 0 Å². The lowest BCUT2D eigenvalue weighted by molar-refractivity contribution is -0.137. The van der Waals surface area contributed by atoms with Gasteiger partial charge in [0, 0.05) is 13.1 Å². The van der Waals surface area contributed by atoms with Crippen LogP contribution in [-0.2, 0) is 11.3 Å². The molecule has 0 aliphatic carbocycles. The highest BCUT2D eigenvalue weighted by atomic mass is 35.5. The van der Waals surface area contributed by atoms with Gasteiger partial charge in [-0.1, -0.05) is 35.3 Å². The molecule has 1 aromatic carbocycles. The molecule has 5 heteroatoms. The summed E-state index contributed by atoms with van der Waals surface area (Å²) in [6.45, 7) is 1.07. The Morgan fingerprint density at radius 2 is 2.12 bits per heavy atom. The van der Waals surface area contributed by atoms with E-state index < -0.39 is 5.97 Å². The van der Waals surface area contributed by atoms with Crippen LogP contribution in [0.15, 0.2) is 18.2 Å². The first kappa shape index (κ1) is 13.3. The van der Waals surface area contributed by atoms with Crippen molar-refractivity contribution in [2.24, 2.45) is 0 Å². The fourth-order valence-corrected chi connectivity index (χ4v) is 1.71. The third-order valence-corrected chi connectivity index (χ3v) is 3.04. The molecule has 0 bridgehead atoms. The first-order chi connectivity index (χ1) is 7.50. The van der Waals surface area contributed by atoms with Crippen LogP contribution in [0.3, 0.4) is 0 Å². The summed E-state index contributed by atoms with van der Waals surface area (Å²) in [6.07, 6.45) is 0.120. The lowest BCUT2D eigenvalue weighted by Gasteiger charge is -2.16. The Labute approximate surface area is 105 Å². The van der Waals surface area contributed by atoms with Crippen molar-refractivity contribution in [3.8, 4) is 0 Å². The van der Waals surface area contributed by atoms with Crippen LogP contribution in [-0.4, -0.2) is 29.6 Å². The van der Waals surface area contributed by atoms with Crippen LogP contribution in [0.25, 0.3) is 0 Å². The van der Waals surface area contributed by atoms with Crippen molar-refractivity contribution in [2.45, 2.75) is 13.0 Å². The van der Waals surface area contributed by atoms with Crippen LogP contribution in [0.1, 0.15) is 12.0 Å². The molecule has 0 saturated heterocycles. The van der Waals surface area contributed by atoms with Crippen molar-refractivity contribution in [3.63, 3.8) is 0 Å². The van der Waals surface area contributed by atoms with Crippen LogP contribution in [0.4, 0.5) is 0 Å². The van der Waals surface area contributed by atoms with Crippen molar-refractivity contribution >= 4 is 29.2 Å². The molecule has 0 amide bonds. The van der Waals surface area contributed by atoms with Crippen molar-refractivity contribution in [1.82, 2.24) is 4.90 Å². The zero-order valence-electron chi connectivity index (χ0n) is 8.91. The molecule has 16 heavy (non-hydrogen) atoms. The van der Waals surface area contributed by atoms with Crippen molar-refractivity contribution in [2.75, 3.05) is 13.6 Å². The summed E-state index contributed by atoms with van der Waals surface area (Å²) in [5.74, 6) is -0.802. The fraction of sp³-hybridized carbons (Fsp3) is 0.364. The van der Waals surface area contributed by atoms with Crippen LogP contribution < -0.4 is 0 Å². The molecule has 1 N–H and O–H groups in total. The molecule has 3 nitrogen and oxygen atoms in total. The topological polar surface area (TPSA) is 40.5 Å². The Kier molecular flexibility index (Phi) is 5.06. The lowest BCUT2D eigenvalue weighted by Crippen LogP contribution is -2.21. The van der Waals surface area contributed by atoms with Gasteiger partial charge in [-0.15, -0.1) is 0 Å². The van der Waals surface area contributed by atoms with Gasteiger partial charge in [0.25, 0.3) is 0 Å². The Balaban J connectivity index is 2.59. The molecule has 1 aromatic rings. The summed E-state index contributed by atoms with van der Waals surface area (Å²) in [5.41, 5.74) is 0.905. The van der Waals surface area contributed by atoms with E-state index in [9.17, 15) is 4.79 Å². The molecule has 0 aliphatic rings. The van der Waals surface area contributed by atoms with Gasteiger partial charge in [-0.05, 0) is 18.7 Å². The van der Waals surface area contributed by atoms with Gasteiger partial charge in [-0.25, -0.2) is 0 Å². The smallest absolute Gasteiger partial charge is 0.304 e. The highest BCUT2D eigenvalue weighted by Gasteiger charge is 2.08. The third-order valence-electron chi connectivity index (χ3n) is 2.18. The summed E-state index contributed by atoms with van der Waals surface area (Å²) < 4.78 is 0. The molecule has 0 spiro atoms. The standard InChI is InChI=1S/C11H13Cl2NO2/c1-14(6-5-10(15)16)7-8-3-2-4-9(12)11(8)13/h2-4H,5-7H2,1H3,(H,15,16). The Bertz CT molecular complexity index is 382. The Morgan fingerprint density at radius 3 is 2.75 bits per heavy atom. The summed E-state index contributed by atoms with van der Waals surface area (Å²) in [5, 5.41) is 9.61. The first-order valence-electron chi connectivity index (χ1n) is 4.84. The zero-order chi connectivity index (χ0) is 12.1. The lowest BCUT2D eigenvalue weighted by atomic mass is 10.2. The number of halogens is 2. The third kappa shape index (κ3) is 4.00. The number of nitrogens with zero attached hydrogens (tertiary/aromatic N) is 1. The molecule has 0 aliphatic heterocycles. The maximum absolute atomic E-state index is 10.4. The summed E-state index contributed by atoms with van der Waals surface area (Å²) in [6, 6.07) is 5.44. The molecular formula is C11H13Cl2NO2. The minimum atomic E-state index is -0.802. The maximum atomic E-state index is 10.4. The molecule has 0 radical (unpaired) electrons. The largest absolute Gasteiger partial charge is 0.481 e. The summed E-state index contributed by atoms with van der Waals surface area (Å²) in [7, 11) is 1.85. The summed E-state index contributed by atoms with van der Waals surface area (Å²) in [4.78, 5) is 12.3. The second kappa shape index (κ2) is 6.09. The Morgan fingerprint density at radius 1 is 1.44 bits per heavy atom. The van der Waals surface area contributed by atoms with E-state index in [2.05, 4.69) is 0 Å². The second-order valence-electron chi connectivity index (χ2n) is 3.59. The SMILES string of the molecule is CN(CCC(=O)O)Cc1cccc(Cl)c1Cl. The average Bonchev–Trinajstić information content (AvgIpc) is 2.22. The van der Waals surface area contributed by atoms with E-state index >= 15 is 0 Å². The van der Waals surface area contributed by atoms with Crippen LogP contribution in [0.5, 0.6) is 0 Å². The molecule has 0 saturated carbocycles. The molecule has 0 unspecified atom stereocenters. The van der Waals surface area contributed by atoms with Crippen molar-refractivity contribution < 1.29 is 9.90 Å². The van der Waals surface area contributed by atoms with Gasteiger partial charge in [0.15, 0.2) is 0 Å². The van der Waals surface area contributed by atoms with E-state index in [0.29, 0.717) is 23.1 Å². The molecule has 0 fully saturated rings. The fourth-order valence-electron chi connectivity index (χ4n) is 1.33. The molecule has 0 heterocycles. The number of aliphatic carboxylic acids is 1. The molecule has 0 atom stereocenters. The molecule has 0 aromatic heterocycles. The van der Waals surface area contributed by atoms with E-state index in [0.717, 1.165) is 5.56 Å². The van der Waals surface area contributed by atoms with Crippen molar-refractivity contribution in [1.29, 1.82) is 0 Å². The molecular weight excluding hydrogens is 249 g/mol. The number of hydrogen-bond acceptors (Lipinski definition) is 2. The minimum Gasteiger partial charge on any atom is -0.481 e. The van der Waals surface area contributed by atoms with Crippen molar-refractivity contribution in [3.05, 3.63) is 33.8 Å². The van der Waals surface area contributed by atoms with Crippen LogP contribution >= 0.6 is 23.2 Å². The number of carbonyl (C=O) groups is 1. The number of rotatable bonds is 5. The summed E-state index contributed by atoms with van der Waals surface area (Å²) >= 11 is 11.9. The van der Waals surface area contributed by atoms with E-state index in [1.807, 2.05) is 24.1 Å². The van der Waals surface area contributed by atoms with Gasteiger partial charge in [0.1, 0.15) is 0 Å². The van der Waals surface area contributed by atoms with Gasteiger partial charge in [0.05, 0.1) is 16.5 Å².